The van der Waals surface area contributed by atoms with Crippen molar-refractivity contribution in [3.63, 3.8) is 0 Å². The van der Waals surface area contributed by atoms with Crippen LogP contribution >= 0.6 is 0 Å². The summed E-state index contributed by atoms with van der Waals surface area (Å²) in [5.74, 6) is 0.0287. The minimum atomic E-state index is -1.94. The number of hydrogen-bond donors (Lipinski definition) is 3. The molecule has 2 atom stereocenters. The first-order valence-electron chi connectivity index (χ1n) is 14.5. The highest BCUT2D eigenvalue weighted by atomic mass is 28.4. The van der Waals surface area contributed by atoms with E-state index in [0.29, 0.717) is 17.9 Å². The van der Waals surface area contributed by atoms with Crippen molar-refractivity contribution in [3.8, 4) is 17.2 Å². The fraction of sp³-hybridized carbons (Fsp3) is 0.516. The van der Waals surface area contributed by atoms with Gasteiger partial charge in [0, 0.05) is 14.5 Å². The average Bonchev–Trinajstić information content (AvgIpc) is 2.90. The molecule has 0 bridgehead atoms. The minimum Gasteiger partial charge on any atom is -0.543 e. The topological polar surface area (TPSA) is 135 Å². The molecule has 0 saturated heterocycles. The van der Waals surface area contributed by atoms with Crippen LogP contribution in [0.5, 0.6) is 17.2 Å². The van der Waals surface area contributed by atoms with E-state index < -0.39 is 46.5 Å². The molecule has 2 amide bonds. The van der Waals surface area contributed by atoms with Gasteiger partial charge in [-0.15, -0.1) is 0 Å². The summed E-state index contributed by atoms with van der Waals surface area (Å²) in [6, 6.07) is 14.3. The molecule has 0 heterocycles. The fourth-order valence-corrected chi connectivity index (χ4v) is 5.32. The van der Waals surface area contributed by atoms with Gasteiger partial charge in [-0.05, 0) is 79.5 Å². The summed E-state index contributed by atoms with van der Waals surface area (Å²) in [7, 11) is -3.39. The molecule has 0 radical (unpaired) electrons. The number of hydrazine groups is 1. The van der Waals surface area contributed by atoms with E-state index in [1.165, 1.54) is 6.92 Å². The zero-order chi connectivity index (χ0) is 32.6. The number of ether oxygens (including phenoxy) is 2. The van der Waals surface area contributed by atoms with Crippen LogP contribution in [0.2, 0.25) is 43.8 Å². The lowest BCUT2D eigenvalue weighted by Gasteiger charge is -2.36. The van der Waals surface area contributed by atoms with Crippen molar-refractivity contribution in [2.45, 2.75) is 96.5 Å². The summed E-state index contributed by atoms with van der Waals surface area (Å²) in [6.45, 7) is 18.9. The fourth-order valence-electron chi connectivity index (χ4n) is 3.57. The number of aliphatic carboxylic acids is 1. The summed E-state index contributed by atoms with van der Waals surface area (Å²) in [5.41, 5.74) is 3.16. The Morgan fingerprint density at radius 3 is 1.91 bits per heavy atom. The Bertz CT molecular complexity index is 1220. The Balaban J connectivity index is 1.99. The number of aliphatic hydroxyl groups excluding tert-OH is 1. The van der Waals surface area contributed by atoms with Crippen molar-refractivity contribution in [1.82, 2.24) is 10.4 Å². The van der Waals surface area contributed by atoms with E-state index in [9.17, 15) is 24.6 Å². The van der Waals surface area contributed by atoms with Crippen molar-refractivity contribution in [2.75, 3.05) is 6.61 Å². The van der Waals surface area contributed by atoms with E-state index >= 15 is 0 Å². The third kappa shape index (κ3) is 11.7. The second-order valence-corrected chi connectivity index (χ2v) is 23.8. The standard InChI is InChI=1S/C31H48N2O8Si2/c1-22(28(35)29(36)37)33(32-30(38)39-20-21-42(5,6)7)27(34)19-12-23-10-13-24(14-11-23)40-25-15-17-26(18-16-25)41-43(8,9)31(2,3)4/h10-11,13-18,22,28,35H,12,19-21H2,1-9H3,(H,32,38)(H,36,37)/t22-,28-/m0/s1. The quantitative estimate of drug-likeness (QED) is 0.170. The highest BCUT2D eigenvalue weighted by molar-refractivity contribution is 6.76. The second kappa shape index (κ2) is 14.9. The van der Waals surface area contributed by atoms with Gasteiger partial charge in [-0.2, -0.15) is 0 Å². The highest BCUT2D eigenvalue weighted by Gasteiger charge is 2.39. The van der Waals surface area contributed by atoms with Gasteiger partial charge in [0.05, 0.1) is 12.6 Å². The molecule has 10 nitrogen and oxygen atoms in total. The number of carboxylic acid groups (broad SMARTS) is 1. The van der Waals surface area contributed by atoms with Crippen molar-refractivity contribution in [2.24, 2.45) is 0 Å². The van der Waals surface area contributed by atoms with E-state index in [1.54, 1.807) is 12.1 Å². The summed E-state index contributed by atoms with van der Waals surface area (Å²) in [6.07, 6.45) is -2.49. The molecule has 3 N–H and O–H groups in total. The van der Waals surface area contributed by atoms with Gasteiger partial charge in [0.2, 0.25) is 14.2 Å². The van der Waals surface area contributed by atoms with Crippen LogP contribution in [0.25, 0.3) is 0 Å². The van der Waals surface area contributed by atoms with Crippen molar-refractivity contribution in [3.05, 3.63) is 54.1 Å². The molecular formula is C31H48N2O8Si2. The van der Waals surface area contributed by atoms with Crippen molar-refractivity contribution in [1.29, 1.82) is 0 Å². The van der Waals surface area contributed by atoms with Gasteiger partial charge < -0.3 is 24.1 Å². The Morgan fingerprint density at radius 1 is 0.907 bits per heavy atom. The molecule has 0 aliphatic carbocycles. The van der Waals surface area contributed by atoms with E-state index in [2.05, 4.69) is 58.9 Å². The first kappa shape index (κ1) is 35.8. The van der Waals surface area contributed by atoms with Crippen LogP contribution in [-0.2, 0) is 20.7 Å². The smallest absolute Gasteiger partial charge is 0.426 e. The normalized spacial score (nSPS) is 13.4. The maximum Gasteiger partial charge on any atom is 0.426 e. The lowest BCUT2D eigenvalue weighted by atomic mass is 10.1. The number of nitrogens with one attached hydrogen (secondary N) is 1. The number of carboxylic acids is 1. The minimum absolute atomic E-state index is 0.0399. The largest absolute Gasteiger partial charge is 0.543 e. The van der Waals surface area contributed by atoms with Crippen LogP contribution in [-0.4, -0.2) is 68.3 Å². The molecule has 238 valence electrons. The molecule has 0 aliphatic heterocycles. The zero-order valence-electron chi connectivity index (χ0n) is 26.9. The van der Waals surface area contributed by atoms with Crippen LogP contribution in [0.4, 0.5) is 4.79 Å². The Labute approximate surface area is 257 Å². The molecule has 43 heavy (non-hydrogen) atoms. The average molecular weight is 633 g/mol. The molecule has 0 aliphatic rings. The highest BCUT2D eigenvalue weighted by Crippen LogP contribution is 2.37. The lowest BCUT2D eigenvalue weighted by molar-refractivity contribution is -0.154. The SMILES string of the molecule is C[C@@H]([C@H](O)C(=O)O)N(NC(=O)OCC[Si](C)(C)C)C(=O)CCc1ccc(Oc2ccc(O[Si](C)(C)C(C)(C)C)cc2)cc1. The number of hydrogen-bond acceptors (Lipinski definition) is 7. The number of carbonyl (C=O) groups excluding carboxylic acids is 2. The summed E-state index contributed by atoms with van der Waals surface area (Å²) in [4.78, 5) is 36.8. The van der Waals surface area contributed by atoms with Gasteiger partial charge in [0.15, 0.2) is 6.10 Å². The molecule has 2 aromatic rings. The monoisotopic (exact) mass is 632 g/mol. The van der Waals surface area contributed by atoms with Gasteiger partial charge in [-0.3, -0.25) is 4.79 Å². The molecule has 0 aromatic heterocycles. The summed E-state index contributed by atoms with van der Waals surface area (Å²) in [5, 5.41) is 20.2. The van der Waals surface area contributed by atoms with E-state index in [1.807, 2.05) is 36.4 Å². The number of amides is 2. The molecular weight excluding hydrogens is 585 g/mol. The Hall–Kier alpha value is -3.36. The Morgan fingerprint density at radius 2 is 1.42 bits per heavy atom. The summed E-state index contributed by atoms with van der Waals surface area (Å²) < 4.78 is 17.5. The zero-order valence-corrected chi connectivity index (χ0v) is 28.9. The molecule has 2 rings (SSSR count). The van der Waals surface area contributed by atoms with Gasteiger partial charge in [-0.25, -0.2) is 20.0 Å². The number of nitrogens with zero attached hydrogens (tertiary/aromatic N) is 1. The molecule has 2 aromatic carbocycles. The summed E-state index contributed by atoms with van der Waals surface area (Å²) >= 11 is 0. The van der Waals surface area contributed by atoms with Gasteiger partial charge in [0.25, 0.3) is 0 Å². The van der Waals surface area contributed by atoms with Gasteiger partial charge in [-0.1, -0.05) is 52.5 Å². The first-order valence-corrected chi connectivity index (χ1v) is 21.1. The maximum absolute atomic E-state index is 13.1. The van der Waals surface area contributed by atoms with E-state index in [-0.39, 0.29) is 18.1 Å². The van der Waals surface area contributed by atoms with Crippen LogP contribution in [0.3, 0.4) is 0 Å². The number of benzene rings is 2. The maximum atomic E-state index is 13.1. The predicted octanol–water partition coefficient (Wildman–Crippen LogP) is 6.44. The lowest BCUT2D eigenvalue weighted by Crippen LogP contribution is -2.56. The number of aliphatic hydroxyl groups is 1. The molecule has 0 fully saturated rings. The van der Waals surface area contributed by atoms with E-state index in [0.717, 1.165) is 22.4 Å². The molecule has 0 unspecified atom stereocenters. The number of aryl methyl sites for hydroxylation is 1. The number of rotatable bonds is 13. The van der Waals surface area contributed by atoms with Gasteiger partial charge >= 0.3 is 12.1 Å². The van der Waals surface area contributed by atoms with Crippen molar-refractivity contribution >= 4 is 34.4 Å². The van der Waals surface area contributed by atoms with Crippen LogP contribution < -0.4 is 14.6 Å². The molecule has 0 spiro atoms. The first-order chi connectivity index (χ1) is 19.8. The molecule has 12 heteroatoms. The van der Waals surface area contributed by atoms with Crippen molar-refractivity contribution < 1.29 is 38.5 Å². The van der Waals surface area contributed by atoms with Crippen LogP contribution in [0.15, 0.2) is 48.5 Å². The van der Waals surface area contributed by atoms with E-state index in [4.69, 9.17) is 13.9 Å². The molecule has 0 saturated carbocycles. The second-order valence-electron chi connectivity index (χ2n) is 13.4. The van der Waals surface area contributed by atoms with Crippen LogP contribution in [0.1, 0.15) is 39.7 Å². The third-order valence-corrected chi connectivity index (χ3v) is 13.5. The Kier molecular flexibility index (Phi) is 12.4. The predicted molar refractivity (Wildman–Crippen MR) is 172 cm³/mol. The van der Waals surface area contributed by atoms with Crippen LogP contribution in [0, 0.1) is 0 Å². The third-order valence-electron chi connectivity index (χ3n) is 7.47. The van der Waals surface area contributed by atoms with Gasteiger partial charge in [0.1, 0.15) is 17.2 Å². The number of carbonyl (C=O) groups is 3.